The lowest BCUT2D eigenvalue weighted by Gasteiger charge is -2.48. The van der Waals surface area contributed by atoms with Gasteiger partial charge in [0.15, 0.2) is 8.32 Å². The molecule has 28 heavy (non-hydrogen) atoms. The summed E-state index contributed by atoms with van der Waals surface area (Å²) in [6.45, 7) is 12.0. The van der Waals surface area contributed by atoms with Gasteiger partial charge >= 0.3 is 6.09 Å². The number of nitrogens with zero attached hydrogens (tertiary/aromatic N) is 2. The predicted octanol–water partition coefficient (Wildman–Crippen LogP) is 4.92. The summed E-state index contributed by atoms with van der Waals surface area (Å²) in [5.41, 5.74) is 1.12. The Kier molecular flexibility index (Phi) is 5.24. The summed E-state index contributed by atoms with van der Waals surface area (Å²) in [6, 6.07) is 7.72. The molecule has 2 aliphatic rings. The first-order valence-corrected chi connectivity index (χ1v) is 12.8. The summed E-state index contributed by atoms with van der Waals surface area (Å²) < 4.78 is 13.2. The van der Waals surface area contributed by atoms with E-state index in [0.717, 1.165) is 11.3 Å². The van der Waals surface area contributed by atoms with Crippen LogP contribution in [-0.4, -0.2) is 43.1 Å². The van der Waals surface area contributed by atoms with Gasteiger partial charge in [-0.2, -0.15) is 5.26 Å². The molecule has 0 bridgehead atoms. The Morgan fingerprint density at radius 3 is 2.54 bits per heavy atom. The second kappa shape index (κ2) is 7.09. The van der Waals surface area contributed by atoms with Crippen molar-refractivity contribution in [2.45, 2.75) is 69.9 Å². The second-order valence-corrected chi connectivity index (χ2v) is 14.2. The van der Waals surface area contributed by atoms with Gasteiger partial charge in [-0.15, -0.1) is 0 Å². The summed E-state index contributed by atoms with van der Waals surface area (Å²) in [6.07, 6.45) is 0.967. The van der Waals surface area contributed by atoms with Gasteiger partial charge in [0.05, 0.1) is 17.7 Å². The molecule has 0 aromatic heterocycles. The number of likely N-dealkylation sites (tertiary alicyclic amines) is 1. The molecule has 0 radical (unpaired) electrons. The lowest BCUT2D eigenvalue weighted by molar-refractivity contribution is -0.0470. The van der Waals surface area contributed by atoms with Crippen LogP contribution in [0.25, 0.3) is 0 Å². The van der Waals surface area contributed by atoms with Crippen LogP contribution in [0.1, 0.15) is 57.3 Å². The number of nitriles is 1. The van der Waals surface area contributed by atoms with E-state index in [4.69, 9.17) is 9.16 Å². The summed E-state index contributed by atoms with van der Waals surface area (Å²) in [7, 11) is -2.04. The normalized spacial score (nSPS) is 21.6. The first-order valence-electron chi connectivity index (χ1n) is 9.85. The maximum absolute atomic E-state index is 11.3. The van der Waals surface area contributed by atoms with Gasteiger partial charge in [-0.25, -0.2) is 4.79 Å². The smallest absolute Gasteiger partial charge is 0.407 e. The molecule has 0 saturated carbocycles. The van der Waals surface area contributed by atoms with Crippen LogP contribution >= 0.6 is 0 Å². The second-order valence-electron chi connectivity index (χ2n) is 9.49. The lowest BCUT2D eigenvalue weighted by Crippen LogP contribution is -2.53. The van der Waals surface area contributed by atoms with Gasteiger partial charge in [-0.3, -0.25) is 0 Å². The van der Waals surface area contributed by atoms with Crippen LogP contribution in [0.4, 0.5) is 4.79 Å². The van der Waals surface area contributed by atoms with Crippen LogP contribution in [-0.2, 0) is 4.43 Å². The minimum absolute atomic E-state index is 0.0676. The van der Waals surface area contributed by atoms with E-state index in [1.807, 2.05) is 12.1 Å². The van der Waals surface area contributed by atoms with Gasteiger partial charge in [0.25, 0.3) is 0 Å². The van der Waals surface area contributed by atoms with Crippen LogP contribution in [0, 0.1) is 11.3 Å². The van der Waals surface area contributed by atoms with Crippen LogP contribution in [0.5, 0.6) is 5.75 Å². The number of carboxylic acid groups (broad SMARTS) is 1. The molecule has 1 aromatic carbocycles. The van der Waals surface area contributed by atoms with Crippen LogP contribution in [0.2, 0.25) is 18.1 Å². The van der Waals surface area contributed by atoms with E-state index in [0.29, 0.717) is 37.9 Å². The molecular formula is C21H30N2O4Si. The molecule has 1 amide bonds. The minimum atomic E-state index is -2.04. The Morgan fingerprint density at radius 1 is 1.36 bits per heavy atom. The molecule has 1 unspecified atom stereocenters. The van der Waals surface area contributed by atoms with E-state index < -0.39 is 20.0 Å². The van der Waals surface area contributed by atoms with Gasteiger partial charge in [-0.1, -0.05) is 20.8 Å². The van der Waals surface area contributed by atoms with E-state index in [2.05, 4.69) is 39.9 Å². The number of piperidine rings is 1. The summed E-state index contributed by atoms with van der Waals surface area (Å²) in [5.74, 6) is 0.762. The number of benzene rings is 1. The average molecular weight is 403 g/mol. The van der Waals surface area contributed by atoms with Crippen molar-refractivity contribution >= 4 is 14.4 Å². The molecule has 2 heterocycles. The van der Waals surface area contributed by atoms with E-state index in [1.165, 1.54) is 4.90 Å². The Morgan fingerprint density at radius 2 is 2.00 bits per heavy atom. The third-order valence-corrected chi connectivity index (χ3v) is 11.0. The molecule has 1 spiro atoms. The van der Waals surface area contributed by atoms with Gasteiger partial charge in [0, 0.05) is 37.9 Å². The maximum atomic E-state index is 11.3. The van der Waals surface area contributed by atoms with Crippen molar-refractivity contribution in [3.8, 4) is 11.8 Å². The summed E-state index contributed by atoms with van der Waals surface area (Å²) in [4.78, 5) is 12.7. The predicted molar refractivity (Wildman–Crippen MR) is 109 cm³/mol. The monoisotopic (exact) mass is 402 g/mol. The highest BCUT2D eigenvalue weighted by Gasteiger charge is 2.47. The lowest BCUT2D eigenvalue weighted by atomic mass is 9.81. The maximum Gasteiger partial charge on any atom is 0.407 e. The van der Waals surface area contributed by atoms with E-state index in [1.54, 1.807) is 6.07 Å². The molecule has 7 heteroatoms. The molecule has 1 N–H and O–H groups in total. The molecule has 1 fully saturated rings. The highest BCUT2D eigenvalue weighted by atomic mass is 28.4. The third-order valence-electron chi connectivity index (χ3n) is 6.56. The van der Waals surface area contributed by atoms with Crippen molar-refractivity contribution < 1.29 is 19.1 Å². The molecule has 1 aromatic rings. The highest BCUT2D eigenvalue weighted by Crippen LogP contribution is 2.49. The molecular weight excluding hydrogens is 372 g/mol. The minimum Gasteiger partial charge on any atom is -0.487 e. The number of amides is 1. The number of hydrogen-bond donors (Lipinski definition) is 1. The molecule has 152 valence electrons. The van der Waals surface area contributed by atoms with Crippen molar-refractivity contribution in [2.24, 2.45) is 0 Å². The third kappa shape index (κ3) is 3.89. The Labute approximate surface area is 168 Å². The molecule has 2 aliphatic heterocycles. The van der Waals surface area contributed by atoms with E-state index in [9.17, 15) is 15.2 Å². The van der Waals surface area contributed by atoms with Gasteiger partial charge in [-0.05, 0) is 36.3 Å². The largest absolute Gasteiger partial charge is 0.487 e. The van der Waals surface area contributed by atoms with Gasteiger partial charge in [0.1, 0.15) is 11.4 Å². The summed E-state index contributed by atoms with van der Waals surface area (Å²) in [5, 5.41) is 18.7. The Balaban J connectivity index is 1.94. The van der Waals surface area contributed by atoms with E-state index >= 15 is 0 Å². The number of rotatable bonds is 2. The molecule has 0 aliphatic carbocycles. The SMILES string of the molecule is CC(C)(C)[Si](C)(C)OC1CC2(CCN(C(=O)O)CC2)Oc2ccc(C#N)cc21. The number of fused-ring (bicyclic) bond motifs is 1. The first-order chi connectivity index (χ1) is 13.0. The first kappa shape index (κ1) is 20.7. The fourth-order valence-electron chi connectivity index (χ4n) is 3.73. The quantitative estimate of drug-likeness (QED) is 0.710. The highest BCUT2D eigenvalue weighted by molar-refractivity contribution is 6.74. The zero-order valence-corrected chi connectivity index (χ0v) is 18.4. The zero-order chi connectivity index (χ0) is 20.7. The topological polar surface area (TPSA) is 82.8 Å². The number of ether oxygens (including phenoxy) is 1. The van der Waals surface area contributed by atoms with Crippen LogP contribution in [0.3, 0.4) is 0 Å². The average Bonchev–Trinajstić information content (AvgIpc) is 2.60. The fourth-order valence-corrected chi connectivity index (χ4v) is 5.01. The van der Waals surface area contributed by atoms with Crippen molar-refractivity contribution in [2.75, 3.05) is 13.1 Å². The van der Waals surface area contributed by atoms with Gasteiger partial charge < -0.3 is 19.2 Å². The van der Waals surface area contributed by atoms with Crippen molar-refractivity contribution in [3.05, 3.63) is 29.3 Å². The molecule has 6 nitrogen and oxygen atoms in total. The van der Waals surface area contributed by atoms with Crippen molar-refractivity contribution in [1.82, 2.24) is 4.90 Å². The van der Waals surface area contributed by atoms with Gasteiger partial charge in [0.2, 0.25) is 0 Å². The van der Waals surface area contributed by atoms with Crippen LogP contribution in [0.15, 0.2) is 18.2 Å². The number of hydrogen-bond acceptors (Lipinski definition) is 4. The van der Waals surface area contributed by atoms with E-state index in [-0.39, 0.29) is 11.1 Å². The Hall–Kier alpha value is -2.04. The molecule has 1 saturated heterocycles. The van der Waals surface area contributed by atoms with Crippen molar-refractivity contribution in [1.29, 1.82) is 5.26 Å². The Bertz CT molecular complexity index is 802. The fraction of sp³-hybridized carbons (Fsp3) is 0.619. The standard InChI is InChI=1S/C21H30N2O4Si/c1-20(2,3)28(4,5)27-18-13-21(8-10-23(11-9-21)19(24)25)26-17-7-6-15(14-22)12-16(17)18/h6-7,12,18H,8-11,13H2,1-5H3,(H,24,25). The summed E-state index contributed by atoms with van der Waals surface area (Å²) >= 11 is 0. The zero-order valence-electron chi connectivity index (χ0n) is 17.4. The molecule has 3 rings (SSSR count). The van der Waals surface area contributed by atoms with Crippen molar-refractivity contribution in [3.63, 3.8) is 0 Å². The van der Waals surface area contributed by atoms with Crippen LogP contribution < -0.4 is 4.74 Å². The number of carbonyl (C=O) groups is 1. The molecule has 1 atom stereocenters.